The van der Waals surface area contributed by atoms with Crippen LogP contribution in [0.2, 0.25) is 0 Å². The van der Waals surface area contributed by atoms with Gasteiger partial charge in [-0.15, -0.1) is 0 Å². The summed E-state index contributed by atoms with van der Waals surface area (Å²) in [5.41, 5.74) is 0. The van der Waals surface area contributed by atoms with E-state index in [-0.39, 0.29) is 12.0 Å². The van der Waals surface area contributed by atoms with E-state index >= 15 is 0 Å². The number of nitrogens with zero attached hydrogens (tertiary/aromatic N) is 1. The minimum absolute atomic E-state index is 0.0760. The molecule has 0 saturated heterocycles. The number of amides is 1. The van der Waals surface area contributed by atoms with Gasteiger partial charge in [0.1, 0.15) is 6.10 Å². The van der Waals surface area contributed by atoms with Crippen molar-refractivity contribution in [3.63, 3.8) is 0 Å². The van der Waals surface area contributed by atoms with Crippen LogP contribution >= 0.6 is 0 Å². The highest BCUT2D eigenvalue weighted by molar-refractivity contribution is 5.81. The molecule has 1 rings (SSSR count). The molecule has 82 valence electrons. The molecule has 1 saturated carbocycles. The molecule has 1 aliphatic rings. The van der Waals surface area contributed by atoms with Crippen LogP contribution in [-0.4, -0.2) is 50.3 Å². The van der Waals surface area contributed by atoms with Gasteiger partial charge in [0.05, 0.1) is 6.61 Å². The van der Waals surface area contributed by atoms with E-state index in [9.17, 15) is 4.79 Å². The average molecular weight is 201 g/mol. The number of hydrogen-bond acceptors (Lipinski definition) is 3. The highest BCUT2D eigenvalue weighted by atomic mass is 16.5. The lowest BCUT2D eigenvalue weighted by molar-refractivity contribution is -0.142. The molecule has 0 aromatic rings. The SMILES string of the molecule is COCCN(C(=O)C(C)OC)C1CC1. The average Bonchev–Trinajstić information content (AvgIpc) is 3.01. The number of rotatable bonds is 6. The lowest BCUT2D eigenvalue weighted by atomic mass is 10.3. The first-order valence-corrected chi connectivity index (χ1v) is 5.03. The van der Waals surface area contributed by atoms with Gasteiger partial charge in [0.15, 0.2) is 0 Å². The van der Waals surface area contributed by atoms with Gasteiger partial charge in [0, 0.05) is 26.8 Å². The Kier molecular flexibility index (Phi) is 4.35. The van der Waals surface area contributed by atoms with Gasteiger partial charge in [-0.3, -0.25) is 4.79 Å². The summed E-state index contributed by atoms with van der Waals surface area (Å²) in [5.74, 6) is 0.0760. The summed E-state index contributed by atoms with van der Waals surface area (Å²) in [6, 6.07) is 0.426. The number of ether oxygens (including phenoxy) is 2. The van der Waals surface area contributed by atoms with E-state index in [1.54, 1.807) is 21.1 Å². The molecule has 0 spiro atoms. The van der Waals surface area contributed by atoms with E-state index in [0.29, 0.717) is 19.2 Å². The Labute approximate surface area is 85.2 Å². The van der Waals surface area contributed by atoms with Crippen LogP contribution in [0, 0.1) is 0 Å². The normalized spacial score (nSPS) is 17.9. The van der Waals surface area contributed by atoms with Crippen LogP contribution in [0.15, 0.2) is 0 Å². The van der Waals surface area contributed by atoms with Crippen LogP contribution in [0.1, 0.15) is 19.8 Å². The molecular weight excluding hydrogens is 182 g/mol. The maximum Gasteiger partial charge on any atom is 0.251 e. The molecule has 0 radical (unpaired) electrons. The van der Waals surface area contributed by atoms with Gasteiger partial charge in [-0.25, -0.2) is 0 Å². The molecule has 0 bridgehead atoms. The summed E-state index contributed by atoms with van der Waals surface area (Å²) in [7, 11) is 3.21. The predicted molar refractivity (Wildman–Crippen MR) is 53.1 cm³/mol. The van der Waals surface area contributed by atoms with E-state index < -0.39 is 0 Å². The first kappa shape index (κ1) is 11.5. The second kappa shape index (κ2) is 5.32. The van der Waals surface area contributed by atoms with E-state index in [2.05, 4.69) is 0 Å². The fourth-order valence-corrected chi connectivity index (χ4v) is 1.38. The van der Waals surface area contributed by atoms with E-state index in [1.807, 2.05) is 4.90 Å². The fourth-order valence-electron chi connectivity index (χ4n) is 1.38. The topological polar surface area (TPSA) is 38.8 Å². The van der Waals surface area contributed by atoms with Crippen molar-refractivity contribution >= 4 is 5.91 Å². The molecule has 0 N–H and O–H groups in total. The fraction of sp³-hybridized carbons (Fsp3) is 0.900. The van der Waals surface area contributed by atoms with E-state index in [1.165, 1.54) is 0 Å². The molecular formula is C10H19NO3. The molecule has 4 nitrogen and oxygen atoms in total. The van der Waals surface area contributed by atoms with Crippen molar-refractivity contribution in [1.29, 1.82) is 0 Å². The van der Waals surface area contributed by atoms with Crippen molar-refractivity contribution in [3.05, 3.63) is 0 Å². The molecule has 1 amide bonds. The van der Waals surface area contributed by atoms with Crippen molar-refractivity contribution in [2.45, 2.75) is 31.9 Å². The third kappa shape index (κ3) is 2.96. The first-order valence-electron chi connectivity index (χ1n) is 5.03. The quantitative estimate of drug-likeness (QED) is 0.633. The zero-order valence-corrected chi connectivity index (χ0v) is 9.16. The molecule has 0 aromatic carbocycles. The van der Waals surface area contributed by atoms with Gasteiger partial charge < -0.3 is 14.4 Å². The lowest BCUT2D eigenvalue weighted by Crippen LogP contribution is -2.42. The third-order valence-corrected chi connectivity index (χ3v) is 2.51. The van der Waals surface area contributed by atoms with Crippen molar-refractivity contribution in [2.75, 3.05) is 27.4 Å². The van der Waals surface area contributed by atoms with Crippen LogP contribution in [0.3, 0.4) is 0 Å². The number of carbonyl (C=O) groups excluding carboxylic acids is 1. The van der Waals surface area contributed by atoms with Crippen LogP contribution < -0.4 is 0 Å². The van der Waals surface area contributed by atoms with Crippen LogP contribution in [-0.2, 0) is 14.3 Å². The summed E-state index contributed by atoms with van der Waals surface area (Å²) in [6.07, 6.45) is 1.89. The molecule has 1 aliphatic carbocycles. The molecule has 14 heavy (non-hydrogen) atoms. The number of methoxy groups -OCH3 is 2. The molecule has 1 unspecified atom stereocenters. The van der Waals surface area contributed by atoms with Crippen LogP contribution in [0.5, 0.6) is 0 Å². The summed E-state index contributed by atoms with van der Waals surface area (Å²) in [5, 5.41) is 0. The van der Waals surface area contributed by atoms with Crippen molar-refractivity contribution < 1.29 is 14.3 Å². The van der Waals surface area contributed by atoms with Crippen molar-refractivity contribution in [3.8, 4) is 0 Å². The Morgan fingerprint density at radius 2 is 2.14 bits per heavy atom. The van der Waals surface area contributed by atoms with E-state index in [0.717, 1.165) is 12.8 Å². The maximum atomic E-state index is 11.8. The molecule has 0 aliphatic heterocycles. The third-order valence-electron chi connectivity index (χ3n) is 2.51. The van der Waals surface area contributed by atoms with Crippen LogP contribution in [0.4, 0.5) is 0 Å². The Balaban J connectivity index is 2.44. The number of carbonyl (C=O) groups is 1. The number of hydrogen-bond donors (Lipinski definition) is 0. The molecule has 1 atom stereocenters. The standard InChI is InChI=1S/C10H19NO3/c1-8(14-3)10(12)11(6-7-13-2)9-4-5-9/h8-9H,4-7H2,1-3H3. The zero-order valence-electron chi connectivity index (χ0n) is 9.16. The summed E-state index contributed by atoms with van der Waals surface area (Å²) < 4.78 is 10.00. The highest BCUT2D eigenvalue weighted by Crippen LogP contribution is 2.27. The Hall–Kier alpha value is -0.610. The Morgan fingerprint density at radius 1 is 1.50 bits per heavy atom. The summed E-state index contributed by atoms with van der Waals surface area (Å²) in [6.45, 7) is 3.05. The van der Waals surface area contributed by atoms with Gasteiger partial charge in [0.25, 0.3) is 5.91 Å². The van der Waals surface area contributed by atoms with Gasteiger partial charge in [0.2, 0.25) is 0 Å². The van der Waals surface area contributed by atoms with Crippen LogP contribution in [0.25, 0.3) is 0 Å². The predicted octanol–water partition coefficient (Wildman–Crippen LogP) is 0.659. The monoisotopic (exact) mass is 201 g/mol. The Bertz CT molecular complexity index is 192. The molecule has 4 heteroatoms. The smallest absolute Gasteiger partial charge is 0.251 e. The highest BCUT2D eigenvalue weighted by Gasteiger charge is 2.34. The first-order chi connectivity index (χ1) is 6.70. The second-order valence-electron chi connectivity index (χ2n) is 3.63. The molecule has 1 fully saturated rings. The van der Waals surface area contributed by atoms with Crippen molar-refractivity contribution in [1.82, 2.24) is 4.90 Å². The van der Waals surface area contributed by atoms with E-state index in [4.69, 9.17) is 9.47 Å². The summed E-state index contributed by atoms with van der Waals surface area (Å²) >= 11 is 0. The Morgan fingerprint density at radius 3 is 2.57 bits per heavy atom. The van der Waals surface area contributed by atoms with Crippen molar-refractivity contribution in [2.24, 2.45) is 0 Å². The minimum Gasteiger partial charge on any atom is -0.383 e. The molecule has 0 aromatic heterocycles. The van der Waals surface area contributed by atoms with Gasteiger partial charge in [-0.2, -0.15) is 0 Å². The van der Waals surface area contributed by atoms with Gasteiger partial charge in [-0.05, 0) is 19.8 Å². The van der Waals surface area contributed by atoms with Gasteiger partial charge in [-0.1, -0.05) is 0 Å². The largest absolute Gasteiger partial charge is 0.383 e. The summed E-state index contributed by atoms with van der Waals surface area (Å²) in [4.78, 5) is 13.7. The maximum absolute atomic E-state index is 11.8. The van der Waals surface area contributed by atoms with Gasteiger partial charge >= 0.3 is 0 Å². The lowest BCUT2D eigenvalue weighted by Gasteiger charge is -2.24. The second-order valence-corrected chi connectivity index (χ2v) is 3.63. The minimum atomic E-state index is -0.340. The molecule has 0 heterocycles. The zero-order chi connectivity index (χ0) is 10.6.